The predicted octanol–water partition coefficient (Wildman–Crippen LogP) is 0.818. The van der Waals surface area contributed by atoms with E-state index in [2.05, 4.69) is 5.32 Å². The van der Waals surface area contributed by atoms with Crippen LogP contribution < -0.4 is 11.1 Å². The first kappa shape index (κ1) is 15.0. The molecular formula is C13H24N2O3. The van der Waals surface area contributed by atoms with Gasteiger partial charge in [0.2, 0.25) is 5.91 Å². The number of esters is 1. The third kappa shape index (κ3) is 3.98. The number of ether oxygens (including phenoxy) is 1. The van der Waals surface area contributed by atoms with Gasteiger partial charge < -0.3 is 15.8 Å². The SMILES string of the molecule is COC(=O)[C@H](CC(C)C)NC(=O)C1CCCC1N. The fraction of sp³-hybridized carbons (Fsp3) is 0.846. The number of nitrogens with one attached hydrogen (secondary N) is 1. The quantitative estimate of drug-likeness (QED) is 0.713. The summed E-state index contributed by atoms with van der Waals surface area (Å²) in [7, 11) is 1.34. The van der Waals surface area contributed by atoms with E-state index in [-0.39, 0.29) is 23.8 Å². The van der Waals surface area contributed by atoms with Crippen molar-refractivity contribution in [1.29, 1.82) is 0 Å². The van der Waals surface area contributed by atoms with Gasteiger partial charge in [-0.05, 0) is 25.2 Å². The molecule has 18 heavy (non-hydrogen) atoms. The van der Waals surface area contributed by atoms with Crippen molar-refractivity contribution < 1.29 is 14.3 Å². The van der Waals surface area contributed by atoms with Gasteiger partial charge in [0.15, 0.2) is 0 Å². The topological polar surface area (TPSA) is 81.4 Å². The fourth-order valence-electron chi connectivity index (χ4n) is 2.42. The van der Waals surface area contributed by atoms with Crippen molar-refractivity contribution in [3.63, 3.8) is 0 Å². The Balaban J connectivity index is 2.59. The maximum absolute atomic E-state index is 12.1. The van der Waals surface area contributed by atoms with Crippen molar-refractivity contribution >= 4 is 11.9 Å². The lowest BCUT2D eigenvalue weighted by Crippen LogP contribution is -2.47. The van der Waals surface area contributed by atoms with Gasteiger partial charge in [-0.1, -0.05) is 20.3 Å². The van der Waals surface area contributed by atoms with Crippen molar-refractivity contribution in [1.82, 2.24) is 5.32 Å². The second-order valence-electron chi connectivity index (χ2n) is 5.42. The molecule has 1 rings (SSSR count). The molecule has 0 aliphatic heterocycles. The number of methoxy groups -OCH3 is 1. The lowest BCUT2D eigenvalue weighted by Gasteiger charge is -2.22. The molecule has 0 radical (unpaired) electrons. The Morgan fingerprint density at radius 2 is 2.06 bits per heavy atom. The summed E-state index contributed by atoms with van der Waals surface area (Å²) in [6.45, 7) is 4.01. The lowest BCUT2D eigenvalue weighted by atomic mass is 10.00. The number of amides is 1. The number of hydrogen-bond acceptors (Lipinski definition) is 4. The number of rotatable bonds is 5. The van der Waals surface area contributed by atoms with Gasteiger partial charge >= 0.3 is 5.97 Å². The van der Waals surface area contributed by atoms with E-state index in [9.17, 15) is 9.59 Å². The third-order valence-corrected chi connectivity index (χ3v) is 3.42. The molecule has 2 unspecified atom stereocenters. The van der Waals surface area contributed by atoms with Crippen LogP contribution >= 0.6 is 0 Å². The number of carbonyl (C=O) groups is 2. The minimum absolute atomic E-state index is 0.0812. The Morgan fingerprint density at radius 3 is 2.50 bits per heavy atom. The molecule has 5 heteroatoms. The molecule has 1 fully saturated rings. The zero-order valence-corrected chi connectivity index (χ0v) is 11.4. The Hall–Kier alpha value is -1.10. The summed E-state index contributed by atoms with van der Waals surface area (Å²) in [6, 6.07) is -0.641. The van der Waals surface area contributed by atoms with E-state index >= 15 is 0 Å². The Bertz CT molecular complexity index is 305. The summed E-state index contributed by atoms with van der Waals surface area (Å²) in [5, 5.41) is 2.78. The largest absolute Gasteiger partial charge is 0.467 e. The van der Waals surface area contributed by atoms with E-state index in [1.54, 1.807) is 0 Å². The molecule has 5 nitrogen and oxygen atoms in total. The average Bonchev–Trinajstić information content (AvgIpc) is 2.73. The molecular weight excluding hydrogens is 232 g/mol. The van der Waals surface area contributed by atoms with Crippen LogP contribution in [0, 0.1) is 11.8 Å². The van der Waals surface area contributed by atoms with Crippen LogP contribution in [0.15, 0.2) is 0 Å². The van der Waals surface area contributed by atoms with Gasteiger partial charge in [0, 0.05) is 6.04 Å². The zero-order valence-electron chi connectivity index (χ0n) is 11.4. The molecule has 3 atom stereocenters. The summed E-state index contributed by atoms with van der Waals surface area (Å²) in [4.78, 5) is 23.7. The zero-order chi connectivity index (χ0) is 13.7. The number of nitrogens with two attached hydrogens (primary N) is 1. The molecule has 0 aromatic carbocycles. The second-order valence-corrected chi connectivity index (χ2v) is 5.42. The molecule has 1 saturated carbocycles. The third-order valence-electron chi connectivity index (χ3n) is 3.42. The highest BCUT2D eigenvalue weighted by Gasteiger charge is 2.33. The van der Waals surface area contributed by atoms with Crippen molar-refractivity contribution in [3.8, 4) is 0 Å². The minimum Gasteiger partial charge on any atom is -0.467 e. The minimum atomic E-state index is -0.560. The van der Waals surface area contributed by atoms with Crippen LogP contribution in [-0.4, -0.2) is 31.1 Å². The van der Waals surface area contributed by atoms with Crippen LogP contribution in [0.25, 0.3) is 0 Å². The monoisotopic (exact) mass is 256 g/mol. The number of carbonyl (C=O) groups excluding carboxylic acids is 2. The van der Waals surface area contributed by atoms with Gasteiger partial charge in [-0.25, -0.2) is 4.79 Å². The first-order valence-electron chi connectivity index (χ1n) is 6.59. The Kier molecular flexibility index (Phi) is 5.59. The van der Waals surface area contributed by atoms with E-state index in [4.69, 9.17) is 10.5 Å². The molecule has 0 spiro atoms. The van der Waals surface area contributed by atoms with Gasteiger partial charge in [0.25, 0.3) is 0 Å². The molecule has 0 heterocycles. The maximum Gasteiger partial charge on any atom is 0.328 e. The summed E-state index contributed by atoms with van der Waals surface area (Å²) < 4.78 is 4.72. The van der Waals surface area contributed by atoms with E-state index in [1.807, 2.05) is 13.8 Å². The molecule has 0 bridgehead atoms. The van der Waals surface area contributed by atoms with Crippen LogP contribution in [0.2, 0.25) is 0 Å². The van der Waals surface area contributed by atoms with E-state index in [0.29, 0.717) is 12.3 Å². The molecule has 3 N–H and O–H groups in total. The molecule has 1 aliphatic carbocycles. The van der Waals surface area contributed by atoms with Crippen molar-refractivity contribution in [2.75, 3.05) is 7.11 Å². The van der Waals surface area contributed by atoms with E-state index in [0.717, 1.165) is 19.3 Å². The molecule has 0 aromatic heterocycles. The normalized spacial score (nSPS) is 24.9. The molecule has 1 amide bonds. The van der Waals surface area contributed by atoms with Crippen molar-refractivity contribution in [2.24, 2.45) is 17.6 Å². The highest BCUT2D eigenvalue weighted by atomic mass is 16.5. The smallest absolute Gasteiger partial charge is 0.328 e. The molecule has 0 saturated heterocycles. The van der Waals surface area contributed by atoms with Gasteiger partial charge in [0.1, 0.15) is 6.04 Å². The highest BCUT2D eigenvalue weighted by molar-refractivity contribution is 5.86. The van der Waals surface area contributed by atoms with Gasteiger partial charge in [-0.3, -0.25) is 4.79 Å². The van der Waals surface area contributed by atoms with Crippen LogP contribution in [0.1, 0.15) is 39.5 Å². The lowest BCUT2D eigenvalue weighted by molar-refractivity contribution is -0.146. The van der Waals surface area contributed by atoms with Crippen LogP contribution in [0.3, 0.4) is 0 Å². The number of hydrogen-bond donors (Lipinski definition) is 2. The van der Waals surface area contributed by atoms with Crippen LogP contribution in [-0.2, 0) is 14.3 Å². The van der Waals surface area contributed by atoms with E-state index in [1.165, 1.54) is 7.11 Å². The molecule has 1 aliphatic rings. The van der Waals surface area contributed by atoms with Crippen LogP contribution in [0.4, 0.5) is 0 Å². The highest BCUT2D eigenvalue weighted by Crippen LogP contribution is 2.24. The standard InChI is InChI=1S/C13H24N2O3/c1-8(2)7-11(13(17)18-3)15-12(16)9-5-4-6-10(9)14/h8-11H,4-7,14H2,1-3H3,(H,15,16)/t9?,10?,11-/m0/s1. The molecule has 0 aromatic rings. The first-order valence-corrected chi connectivity index (χ1v) is 6.59. The van der Waals surface area contributed by atoms with Gasteiger partial charge in [0.05, 0.1) is 13.0 Å². The van der Waals surface area contributed by atoms with Crippen molar-refractivity contribution in [2.45, 2.75) is 51.6 Å². The van der Waals surface area contributed by atoms with E-state index < -0.39 is 6.04 Å². The van der Waals surface area contributed by atoms with Crippen LogP contribution in [0.5, 0.6) is 0 Å². The molecule has 104 valence electrons. The summed E-state index contributed by atoms with van der Waals surface area (Å²) >= 11 is 0. The first-order chi connectivity index (χ1) is 8.45. The fourth-order valence-corrected chi connectivity index (χ4v) is 2.42. The van der Waals surface area contributed by atoms with Gasteiger partial charge in [-0.15, -0.1) is 0 Å². The average molecular weight is 256 g/mol. The second kappa shape index (κ2) is 6.73. The summed E-state index contributed by atoms with van der Waals surface area (Å²) in [5.41, 5.74) is 5.89. The van der Waals surface area contributed by atoms with Crippen molar-refractivity contribution in [3.05, 3.63) is 0 Å². The summed E-state index contributed by atoms with van der Waals surface area (Å²) in [6.07, 6.45) is 3.25. The predicted molar refractivity (Wildman–Crippen MR) is 68.7 cm³/mol. The maximum atomic E-state index is 12.1. The summed E-state index contributed by atoms with van der Waals surface area (Å²) in [5.74, 6) is -0.351. The van der Waals surface area contributed by atoms with Gasteiger partial charge in [-0.2, -0.15) is 0 Å². The Labute approximate surface area is 108 Å². The Morgan fingerprint density at radius 1 is 1.39 bits per heavy atom.